The van der Waals surface area contributed by atoms with E-state index in [9.17, 15) is 9.18 Å². The van der Waals surface area contributed by atoms with Crippen LogP contribution in [0.2, 0.25) is 0 Å². The highest BCUT2D eigenvalue weighted by molar-refractivity contribution is 6.06. The molecule has 0 bridgehead atoms. The maximum atomic E-state index is 13.0. The van der Waals surface area contributed by atoms with Crippen LogP contribution in [0.5, 0.6) is 0 Å². The fraction of sp³-hybridized carbons (Fsp3) is 0. The molecule has 106 valence electrons. The number of halogens is 1. The van der Waals surface area contributed by atoms with E-state index in [0.29, 0.717) is 22.2 Å². The van der Waals surface area contributed by atoms with Crippen LogP contribution >= 0.6 is 0 Å². The first kappa shape index (κ1) is 12.7. The van der Waals surface area contributed by atoms with Gasteiger partial charge in [0.15, 0.2) is 0 Å². The molecule has 0 spiro atoms. The number of nitrogens with zero attached hydrogens (tertiary/aromatic N) is 1. The number of pyridine rings is 1. The third-order valence-electron chi connectivity index (χ3n) is 3.67. The van der Waals surface area contributed by atoms with Crippen molar-refractivity contribution in [3.05, 3.63) is 77.0 Å². The van der Waals surface area contributed by atoms with Crippen molar-refractivity contribution in [2.24, 2.45) is 0 Å². The van der Waals surface area contributed by atoms with Crippen LogP contribution in [0, 0.1) is 5.82 Å². The molecular formula is C18H10FNO2. The highest BCUT2D eigenvalue weighted by atomic mass is 19.1. The number of benzene rings is 2. The molecule has 0 aliphatic rings. The topological polar surface area (TPSA) is 43.1 Å². The van der Waals surface area contributed by atoms with E-state index in [1.165, 1.54) is 18.4 Å². The van der Waals surface area contributed by atoms with Crippen molar-refractivity contribution in [1.82, 2.24) is 4.98 Å². The summed E-state index contributed by atoms with van der Waals surface area (Å²) in [6.45, 7) is 0. The summed E-state index contributed by atoms with van der Waals surface area (Å²) >= 11 is 0. The van der Waals surface area contributed by atoms with Crippen LogP contribution in [0.25, 0.3) is 33.0 Å². The predicted molar refractivity (Wildman–Crippen MR) is 83.2 cm³/mol. The van der Waals surface area contributed by atoms with E-state index < -0.39 is 5.82 Å². The first-order chi connectivity index (χ1) is 10.7. The zero-order valence-corrected chi connectivity index (χ0v) is 11.4. The van der Waals surface area contributed by atoms with Crippen molar-refractivity contribution in [3.8, 4) is 11.3 Å². The van der Waals surface area contributed by atoms with Gasteiger partial charge in [-0.05, 0) is 29.0 Å². The van der Waals surface area contributed by atoms with Crippen LogP contribution < -0.4 is 5.43 Å². The Morgan fingerprint density at radius 2 is 1.86 bits per heavy atom. The molecule has 2 heterocycles. The molecule has 0 aliphatic heterocycles. The monoisotopic (exact) mass is 291 g/mol. The van der Waals surface area contributed by atoms with Gasteiger partial charge in [0, 0.05) is 0 Å². The Morgan fingerprint density at radius 3 is 2.68 bits per heavy atom. The van der Waals surface area contributed by atoms with Gasteiger partial charge in [-0.2, -0.15) is 0 Å². The molecule has 0 atom stereocenters. The summed E-state index contributed by atoms with van der Waals surface area (Å²) < 4.78 is 18.6. The van der Waals surface area contributed by atoms with Crippen molar-refractivity contribution in [3.63, 3.8) is 0 Å². The molecule has 3 nitrogen and oxygen atoms in total. The number of rotatable bonds is 1. The lowest BCUT2D eigenvalue weighted by atomic mass is 10.0. The SMILES string of the molecule is O=c1c(-c2ccc(F)cn2)coc2ccc3ccccc3c12. The van der Waals surface area contributed by atoms with Crippen LogP contribution in [-0.4, -0.2) is 4.98 Å². The van der Waals surface area contributed by atoms with E-state index in [1.807, 2.05) is 30.3 Å². The van der Waals surface area contributed by atoms with Crippen molar-refractivity contribution in [2.75, 3.05) is 0 Å². The molecule has 2 aromatic heterocycles. The van der Waals surface area contributed by atoms with Gasteiger partial charge in [0.2, 0.25) is 5.43 Å². The van der Waals surface area contributed by atoms with E-state index in [2.05, 4.69) is 4.98 Å². The minimum Gasteiger partial charge on any atom is -0.463 e. The normalized spacial score (nSPS) is 11.1. The standard InChI is InChI=1S/C18H10FNO2/c19-12-6-7-15(20-9-12)14-10-22-16-8-5-11-3-1-2-4-13(11)17(16)18(14)21/h1-10H. The Bertz CT molecular complexity index is 1050. The molecule has 0 amide bonds. The molecule has 0 saturated carbocycles. The molecule has 4 aromatic rings. The van der Waals surface area contributed by atoms with E-state index in [4.69, 9.17) is 4.42 Å². The van der Waals surface area contributed by atoms with Crippen molar-refractivity contribution >= 4 is 21.7 Å². The van der Waals surface area contributed by atoms with Crippen molar-refractivity contribution in [1.29, 1.82) is 0 Å². The Labute approximate surface area is 124 Å². The Kier molecular flexibility index (Phi) is 2.76. The van der Waals surface area contributed by atoms with Gasteiger partial charge in [-0.3, -0.25) is 9.78 Å². The molecule has 2 aromatic carbocycles. The summed E-state index contributed by atoms with van der Waals surface area (Å²) in [5.41, 5.74) is 1.07. The lowest BCUT2D eigenvalue weighted by Crippen LogP contribution is -2.06. The van der Waals surface area contributed by atoms with Gasteiger partial charge in [0.25, 0.3) is 0 Å². The van der Waals surface area contributed by atoms with Crippen molar-refractivity contribution < 1.29 is 8.81 Å². The Hall–Kier alpha value is -3.01. The lowest BCUT2D eigenvalue weighted by molar-refractivity contribution is 0.604. The quantitative estimate of drug-likeness (QED) is 0.495. The number of hydrogen-bond acceptors (Lipinski definition) is 3. The molecular weight excluding hydrogens is 281 g/mol. The minimum absolute atomic E-state index is 0.169. The van der Waals surface area contributed by atoms with Crippen molar-refractivity contribution in [2.45, 2.75) is 0 Å². The molecule has 22 heavy (non-hydrogen) atoms. The smallest absolute Gasteiger partial charge is 0.202 e. The second-order valence-corrected chi connectivity index (χ2v) is 5.00. The van der Waals surface area contributed by atoms with Gasteiger partial charge in [-0.25, -0.2) is 4.39 Å². The Balaban J connectivity index is 2.10. The predicted octanol–water partition coefficient (Wildman–Crippen LogP) is 4.15. The maximum absolute atomic E-state index is 13.0. The summed E-state index contributed by atoms with van der Waals surface area (Å²) in [4.78, 5) is 16.8. The summed E-state index contributed by atoms with van der Waals surface area (Å²) in [6.07, 6.45) is 2.46. The summed E-state index contributed by atoms with van der Waals surface area (Å²) in [7, 11) is 0. The van der Waals surface area contributed by atoms with Gasteiger partial charge >= 0.3 is 0 Å². The van der Waals surface area contributed by atoms with Gasteiger partial charge < -0.3 is 4.42 Å². The highest BCUT2D eigenvalue weighted by Crippen LogP contribution is 2.25. The minimum atomic E-state index is -0.445. The first-order valence-electron chi connectivity index (χ1n) is 6.79. The van der Waals surface area contributed by atoms with Crippen LogP contribution in [0.15, 0.2) is 70.2 Å². The van der Waals surface area contributed by atoms with Crippen LogP contribution in [0.3, 0.4) is 0 Å². The maximum Gasteiger partial charge on any atom is 0.202 e. The van der Waals surface area contributed by atoms with Gasteiger partial charge in [-0.1, -0.05) is 30.3 Å². The molecule has 0 N–H and O–H groups in total. The lowest BCUT2D eigenvalue weighted by Gasteiger charge is -2.05. The molecule has 4 rings (SSSR count). The fourth-order valence-corrected chi connectivity index (χ4v) is 2.61. The van der Waals surface area contributed by atoms with E-state index in [1.54, 1.807) is 6.07 Å². The largest absolute Gasteiger partial charge is 0.463 e. The number of aromatic nitrogens is 1. The average Bonchev–Trinajstić information content (AvgIpc) is 2.56. The molecule has 0 fully saturated rings. The summed E-state index contributed by atoms with van der Waals surface area (Å²) in [5.74, 6) is -0.445. The molecule has 0 unspecified atom stereocenters. The van der Waals surface area contributed by atoms with Gasteiger partial charge in [-0.15, -0.1) is 0 Å². The second kappa shape index (κ2) is 4.77. The molecule has 4 heteroatoms. The van der Waals surface area contributed by atoms with Crippen LogP contribution in [-0.2, 0) is 0 Å². The molecule has 0 saturated heterocycles. The average molecular weight is 291 g/mol. The third kappa shape index (κ3) is 1.89. The van der Waals surface area contributed by atoms with Gasteiger partial charge in [0.05, 0.1) is 22.8 Å². The van der Waals surface area contributed by atoms with E-state index in [-0.39, 0.29) is 5.43 Å². The Morgan fingerprint density at radius 1 is 1.00 bits per heavy atom. The van der Waals surface area contributed by atoms with Crippen LogP contribution in [0.1, 0.15) is 0 Å². The van der Waals surface area contributed by atoms with Crippen LogP contribution in [0.4, 0.5) is 4.39 Å². The zero-order valence-electron chi connectivity index (χ0n) is 11.4. The highest BCUT2D eigenvalue weighted by Gasteiger charge is 2.12. The number of hydrogen-bond donors (Lipinski definition) is 0. The summed E-state index contributed by atoms with van der Waals surface area (Å²) in [5, 5.41) is 2.31. The first-order valence-corrected chi connectivity index (χ1v) is 6.79. The van der Waals surface area contributed by atoms with E-state index >= 15 is 0 Å². The number of fused-ring (bicyclic) bond motifs is 3. The second-order valence-electron chi connectivity index (χ2n) is 5.00. The van der Waals surface area contributed by atoms with Gasteiger partial charge in [0.1, 0.15) is 17.7 Å². The third-order valence-corrected chi connectivity index (χ3v) is 3.67. The fourth-order valence-electron chi connectivity index (χ4n) is 2.61. The molecule has 0 aliphatic carbocycles. The zero-order chi connectivity index (χ0) is 15.1. The molecule has 0 radical (unpaired) electrons. The van der Waals surface area contributed by atoms with E-state index in [0.717, 1.165) is 17.0 Å². The summed E-state index contributed by atoms with van der Waals surface area (Å²) in [6, 6.07) is 14.1.